The second kappa shape index (κ2) is 62.8. The molecule has 0 aromatic rings. The molecule has 9 heteroatoms. The van der Waals surface area contributed by atoms with E-state index in [4.69, 9.17) is 18.9 Å². The van der Waals surface area contributed by atoms with E-state index in [0.29, 0.717) is 17.4 Å². The summed E-state index contributed by atoms with van der Waals surface area (Å²) in [5.74, 6) is -2.25. The number of carbonyl (C=O) groups is 3. The summed E-state index contributed by atoms with van der Waals surface area (Å²) in [5.41, 5.74) is 0. The Kier molecular flexibility index (Phi) is 61.1. The summed E-state index contributed by atoms with van der Waals surface area (Å²) < 4.78 is 22.8. The van der Waals surface area contributed by atoms with Gasteiger partial charge in [0, 0.05) is 12.8 Å². The van der Waals surface area contributed by atoms with E-state index >= 15 is 0 Å². The molecule has 472 valence electrons. The van der Waals surface area contributed by atoms with E-state index < -0.39 is 24.3 Å². The molecule has 0 saturated carbocycles. The van der Waals surface area contributed by atoms with Gasteiger partial charge in [-0.1, -0.05) is 321 Å². The number of nitrogens with zero attached hydrogens (tertiary/aromatic N) is 1. The smallest absolute Gasteiger partial charge is 0.306 e. The van der Waals surface area contributed by atoms with Crippen molar-refractivity contribution in [2.75, 3.05) is 47.5 Å². The van der Waals surface area contributed by atoms with Gasteiger partial charge < -0.3 is 33.3 Å². The number of hydrogen-bond donors (Lipinski definition) is 0. The van der Waals surface area contributed by atoms with E-state index in [-0.39, 0.29) is 32.2 Å². The predicted octanol–water partition coefficient (Wildman–Crippen LogP) is 20.1. The summed E-state index contributed by atoms with van der Waals surface area (Å²) in [7, 11) is 5.94. The normalized spacial score (nSPS) is 12.8. The van der Waals surface area contributed by atoms with Crippen LogP contribution >= 0.6 is 0 Å². The number of quaternary nitrogens is 1. The molecule has 0 amide bonds. The lowest BCUT2D eigenvalue weighted by atomic mass is 10.0. The molecule has 0 heterocycles. The second-order valence-electron chi connectivity index (χ2n) is 25.2. The molecule has 0 aliphatic carbocycles. The molecule has 0 aliphatic heterocycles. The zero-order chi connectivity index (χ0) is 58.3. The highest BCUT2D eigenvalue weighted by Crippen LogP contribution is 2.19. The first-order chi connectivity index (χ1) is 39.1. The van der Waals surface area contributed by atoms with E-state index in [1.807, 2.05) is 21.1 Å². The van der Waals surface area contributed by atoms with Gasteiger partial charge in [0.2, 0.25) is 0 Å². The van der Waals surface area contributed by atoms with Gasteiger partial charge in [-0.25, -0.2) is 0 Å². The van der Waals surface area contributed by atoms with Crippen LogP contribution in [0.3, 0.4) is 0 Å². The maximum atomic E-state index is 12.9. The number of ether oxygens (including phenoxy) is 4. The summed E-state index contributed by atoms with van der Waals surface area (Å²) in [5, 5.41) is 11.8. The van der Waals surface area contributed by atoms with Crippen LogP contribution < -0.4 is 5.11 Å². The molecule has 0 N–H and O–H groups in total. The molecule has 0 aliphatic rings. The lowest BCUT2D eigenvalue weighted by Gasteiger charge is -2.26. The van der Waals surface area contributed by atoms with Crippen LogP contribution in [0.4, 0.5) is 0 Å². The number of rotatable bonds is 66. The molecule has 0 radical (unpaired) electrons. The van der Waals surface area contributed by atoms with Crippen molar-refractivity contribution in [3.8, 4) is 0 Å². The Balaban J connectivity index is 4.01. The number of esters is 2. The molecule has 2 atom stereocenters. The standard InChI is InChI=1S/C71H135NO8/c1-6-8-10-12-14-16-18-20-22-24-26-28-29-30-31-32-33-34-35-36-37-38-39-40-41-42-44-46-48-50-52-54-56-58-60-62-69(74)80-67(66-79-71(70(75)76)77-64-63-72(3,4)5)65-78-68(73)61-59-57-55-53-51-49-47-45-43-27-25-23-21-19-17-15-13-11-9-7-2/h18,20,24,26,67,71H,6-17,19,21-23,25,27-66H2,1-5H3/b20-18-,26-24-. The highest BCUT2D eigenvalue weighted by molar-refractivity contribution is 5.70. The monoisotopic (exact) mass is 1130 g/mol. The lowest BCUT2D eigenvalue weighted by molar-refractivity contribution is -0.870. The van der Waals surface area contributed by atoms with Gasteiger partial charge in [0.05, 0.1) is 40.3 Å². The molecule has 0 aromatic heterocycles. The number of likely N-dealkylation sites (N-methyl/N-ethyl adjacent to an activating group) is 1. The molecule has 0 fully saturated rings. The average Bonchev–Trinajstić information content (AvgIpc) is 3.43. The quantitative estimate of drug-likeness (QED) is 0.0195. The minimum absolute atomic E-state index is 0.152. The third-order valence-electron chi connectivity index (χ3n) is 16.0. The zero-order valence-corrected chi connectivity index (χ0v) is 54.0. The van der Waals surface area contributed by atoms with Crippen molar-refractivity contribution in [3.63, 3.8) is 0 Å². The molecule has 0 aromatic carbocycles. The largest absolute Gasteiger partial charge is 0.545 e. The predicted molar refractivity (Wildman–Crippen MR) is 339 cm³/mol. The van der Waals surface area contributed by atoms with Gasteiger partial charge in [-0.15, -0.1) is 0 Å². The first-order valence-corrected chi connectivity index (χ1v) is 35.0. The number of carbonyl (C=O) groups excluding carboxylic acids is 3. The van der Waals surface area contributed by atoms with E-state index in [9.17, 15) is 19.5 Å². The van der Waals surface area contributed by atoms with Crippen molar-refractivity contribution < 1.29 is 42.9 Å². The highest BCUT2D eigenvalue weighted by atomic mass is 16.7. The Hall–Kier alpha value is -2.23. The summed E-state index contributed by atoms with van der Waals surface area (Å²) in [6, 6.07) is 0. The van der Waals surface area contributed by atoms with E-state index in [1.165, 1.54) is 283 Å². The number of hydrogen-bond acceptors (Lipinski definition) is 8. The van der Waals surface area contributed by atoms with Crippen LogP contribution in [0.2, 0.25) is 0 Å². The third-order valence-corrected chi connectivity index (χ3v) is 16.0. The van der Waals surface area contributed by atoms with Crippen molar-refractivity contribution in [1.29, 1.82) is 0 Å². The van der Waals surface area contributed by atoms with Crippen LogP contribution in [0.25, 0.3) is 0 Å². The summed E-state index contributed by atoms with van der Waals surface area (Å²) >= 11 is 0. The average molecular weight is 1130 g/mol. The van der Waals surface area contributed by atoms with Crippen molar-refractivity contribution in [3.05, 3.63) is 24.3 Å². The zero-order valence-electron chi connectivity index (χ0n) is 54.0. The van der Waals surface area contributed by atoms with Crippen molar-refractivity contribution in [1.82, 2.24) is 0 Å². The van der Waals surface area contributed by atoms with Crippen molar-refractivity contribution in [2.24, 2.45) is 0 Å². The topological polar surface area (TPSA) is 111 Å². The van der Waals surface area contributed by atoms with Crippen LogP contribution in [-0.4, -0.2) is 82.3 Å². The number of carboxylic acids is 1. The summed E-state index contributed by atoms with van der Waals surface area (Å²) in [6.07, 6.45) is 74.1. The SMILES string of the molecule is CCCCCCC/C=C\C/C=C\CCCCCCCCCCCCCCCCCCCCCCCCCC(=O)OC(COC(=O)CCCCCCCCCCCCCCCCCCCCCC)COC(OCC[N+](C)(C)C)C(=O)[O-]. The Bertz CT molecular complexity index is 1360. The number of allylic oxidation sites excluding steroid dienone is 4. The first-order valence-electron chi connectivity index (χ1n) is 35.0. The van der Waals surface area contributed by atoms with E-state index in [2.05, 4.69) is 38.2 Å². The van der Waals surface area contributed by atoms with Crippen LogP contribution in [0.5, 0.6) is 0 Å². The summed E-state index contributed by atoms with van der Waals surface area (Å²) in [6.45, 7) is 4.81. The van der Waals surface area contributed by atoms with E-state index in [0.717, 1.165) is 44.9 Å². The minimum atomic E-state index is -1.62. The van der Waals surface area contributed by atoms with Gasteiger partial charge in [-0.05, 0) is 44.9 Å². The number of aliphatic carboxylic acids is 1. The fourth-order valence-corrected chi connectivity index (χ4v) is 10.6. The molecule has 0 saturated heterocycles. The molecule has 0 rings (SSSR count). The Labute approximate surface area is 497 Å². The van der Waals surface area contributed by atoms with Crippen molar-refractivity contribution in [2.45, 2.75) is 367 Å². The molecule has 0 spiro atoms. The molecule has 2 unspecified atom stereocenters. The van der Waals surface area contributed by atoms with E-state index in [1.54, 1.807) is 0 Å². The van der Waals surface area contributed by atoms with Gasteiger partial charge in [0.1, 0.15) is 13.2 Å². The van der Waals surface area contributed by atoms with Gasteiger partial charge in [0.25, 0.3) is 0 Å². The second-order valence-corrected chi connectivity index (χ2v) is 25.2. The van der Waals surface area contributed by atoms with Gasteiger partial charge in [-0.3, -0.25) is 9.59 Å². The van der Waals surface area contributed by atoms with Gasteiger partial charge in [0.15, 0.2) is 12.4 Å². The molecule has 0 bridgehead atoms. The maximum absolute atomic E-state index is 12.9. The van der Waals surface area contributed by atoms with Crippen LogP contribution in [-0.2, 0) is 33.3 Å². The molecule has 9 nitrogen and oxygen atoms in total. The summed E-state index contributed by atoms with van der Waals surface area (Å²) in [4.78, 5) is 37.4. The third kappa shape index (κ3) is 63.4. The highest BCUT2D eigenvalue weighted by Gasteiger charge is 2.22. The van der Waals surface area contributed by atoms with Crippen LogP contribution in [0.1, 0.15) is 354 Å². The minimum Gasteiger partial charge on any atom is -0.545 e. The van der Waals surface area contributed by atoms with Gasteiger partial charge in [-0.2, -0.15) is 0 Å². The lowest BCUT2D eigenvalue weighted by Crippen LogP contribution is -2.44. The maximum Gasteiger partial charge on any atom is 0.306 e. The Morgan fingerprint density at radius 1 is 0.375 bits per heavy atom. The fraction of sp³-hybridized carbons (Fsp3) is 0.901. The number of carboxylic acid groups (broad SMARTS) is 1. The number of unbranched alkanes of at least 4 members (excludes halogenated alkanes) is 47. The molecular weight excluding hydrogens is 995 g/mol. The molecule has 80 heavy (non-hydrogen) atoms. The first kappa shape index (κ1) is 77.8. The Morgan fingerprint density at radius 2 is 0.675 bits per heavy atom. The Morgan fingerprint density at radius 3 is 0.988 bits per heavy atom. The fourth-order valence-electron chi connectivity index (χ4n) is 10.6. The molecular formula is C71H135NO8. The van der Waals surface area contributed by atoms with Gasteiger partial charge >= 0.3 is 11.9 Å². The van der Waals surface area contributed by atoms with Crippen molar-refractivity contribution >= 4 is 17.9 Å². The van der Waals surface area contributed by atoms with Crippen LogP contribution in [0, 0.1) is 0 Å². The van der Waals surface area contributed by atoms with Crippen LogP contribution in [0.15, 0.2) is 24.3 Å².